The summed E-state index contributed by atoms with van der Waals surface area (Å²) in [5, 5.41) is -0.124. The minimum atomic E-state index is -1.03. The molecular formula is C10H21PS3. The molecule has 0 saturated heterocycles. The van der Waals surface area contributed by atoms with Crippen molar-refractivity contribution in [1.82, 2.24) is 0 Å². The highest BCUT2D eigenvalue weighted by Gasteiger charge is 2.19. The predicted molar refractivity (Wildman–Crippen MR) is 77.4 cm³/mol. The Balaban J connectivity index is 2.27. The van der Waals surface area contributed by atoms with Gasteiger partial charge in [0.05, 0.1) is 0 Å². The maximum absolute atomic E-state index is 5.73. The summed E-state index contributed by atoms with van der Waals surface area (Å²) in [6.45, 7) is 4.53. The lowest BCUT2D eigenvalue weighted by Gasteiger charge is -2.24. The SMILES string of the molecule is CCP(=S)(CC)SSC1CCCCC1. The lowest BCUT2D eigenvalue weighted by Crippen LogP contribution is -2.06. The lowest BCUT2D eigenvalue weighted by atomic mass is 10.0. The van der Waals surface area contributed by atoms with Crippen LogP contribution in [0.3, 0.4) is 0 Å². The van der Waals surface area contributed by atoms with Crippen LogP contribution < -0.4 is 0 Å². The van der Waals surface area contributed by atoms with Gasteiger partial charge in [0.15, 0.2) is 0 Å². The summed E-state index contributed by atoms with van der Waals surface area (Å²) in [6, 6.07) is 0. The second-order valence-electron chi connectivity index (χ2n) is 3.88. The van der Waals surface area contributed by atoms with Gasteiger partial charge in [-0.2, -0.15) is 0 Å². The second-order valence-corrected chi connectivity index (χ2v) is 15.0. The predicted octanol–water partition coefficient (Wildman–Crippen LogP) is 5.13. The summed E-state index contributed by atoms with van der Waals surface area (Å²) in [4.78, 5) is 0. The van der Waals surface area contributed by atoms with Crippen molar-refractivity contribution >= 4 is 38.3 Å². The van der Waals surface area contributed by atoms with Crippen molar-refractivity contribution in [2.75, 3.05) is 12.3 Å². The van der Waals surface area contributed by atoms with Crippen molar-refractivity contribution < 1.29 is 0 Å². The normalized spacial score (nSPS) is 19.9. The first-order valence-electron chi connectivity index (χ1n) is 5.63. The van der Waals surface area contributed by atoms with Crippen LogP contribution in [0.15, 0.2) is 0 Å². The highest BCUT2D eigenvalue weighted by atomic mass is 33.4. The Labute approximate surface area is 102 Å². The van der Waals surface area contributed by atoms with Crippen molar-refractivity contribution in [3.8, 4) is 0 Å². The summed E-state index contributed by atoms with van der Waals surface area (Å²) in [6.07, 6.45) is 9.66. The van der Waals surface area contributed by atoms with E-state index in [1.807, 2.05) is 0 Å². The van der Waals surface area contributed by atoms with Gasteiger partial charge >= 0.3 is 0 Å². The zero-order valence-corrected chi connectivity index (χ0v) is 12.5. The first kappa shape index (κ1) is 13.4. The van der Waals surface area contributed by atoms with Crippen LogP contribution in [0.2, 0.25) is 0 Å². The van der Waals surface area contributed by atoms with Gasteiger partial charge < -0.3 is 0 Å². The maximum Gasteiger partial charge on any atom is 0.0173 e. The Morgan fingerprint density at radius 1 is 1.14 bits per heavy atom. The highest BCUT2D eigenvalue weighted by molar-refractivity contribution is 9.04. The third-order valence-electron chi connectivity index (χ3n) is 2.83. The van der Waals surface area contributed by atoms with Crippen LogP contribution in [-0.4, -0.2) is 17.6 Å². The summed E-state index contributed by atoms with van der Waals surface area (Å²) in [5.41, 5.74) is 0. The Bertz CT molecular complexity index is 192. The molecule has 0 spiro atoms. The van der Waals surface area contributed by atoms with E-state index in [0.29, 0.717) is 0 Å². The van der Waals surface area contributed by atoms with Crippen molar-refractivity contribution in [2.24, 2.45) is 0 Å². The monoisotopic (exact) mass is 268 g/mol. The topological polar surface area (TPSA) is 0 Å². The number of hydrogen-bond donors (Lipinski definition) is 0. The van der Waals surface area contributed by atoms with Crippen molar-refractivity contribution in [3.63, 3.8) is 0 Å². The molecule has 0 radical (unpaired) electrons. The molecule has 0 N–H and O–H groups in total. The van der Waals surface area contributed by atoms with Gasteiger partial charge in [-0.3, -0.25) is 0 Å². The van der Waals surface area contributed by atoms with Crippen molar-refractivity contribution in [2.45, 2.75) is 51.2 Å². The number of rotatable bonds is 5. The highest BCUT2D eigenvalue weighted by Crippen LogP contribution is 2.65. The molecular weight excluding hydrogens is 247 g/mol. The molecule has 1 aliphatic carbocycles. The Morgan fingerprint density at radius 2 is 1.71 bits per heavy atom. The molecule has 0 unspecified atom stereocenters. The van der Waals surface area contributed by atoms with Crippen LogP contribution in [0.1, 0.15) is 46.0 Å². The van der Waals surface area contributed by atoms with Crippen LogP contribution in [-0.2, 0) is 11.8 Å². The molecule has 0 aromatic heterocycles. The number of hydrogen-bond acceptors (Lipinski definition) is 3. The van der Waals surface area contributed by atoms with Gasteiger partial charge in [-0.25, -0.2) is 0 Å². The zero-order valence-electron chi connectivity index (χ0n) is 9.20. The first-order valence-corrected chi connectivity index (χ1v) is 11.6. The maximum atomic E-state index is 5.73. The van der Waals surface area contributed by atoms with Crippen LogP contribution in [0.25, 0.3) is 0 Å². The van der Waals surface area contributed by atoms with Gasteiger partial charge in [-0.05, 0) is 25.2 Å². The van der Waals surface area contributed by atoms with Crippen LogP contribution in [0, 0.1) is 0 Å². The third kappa shape index (κ3) is 4.47. The van der Waals surface area contributed by atoms with Gasteiger partial charge in [-0.15, -0.1) is 0 Å². The molecule has 14 heavy (non-hydrogen) atoms. The van der Waals surface area contributed by atoms with Crippen molar-refractivity contribution in [1.29, 1.82) is 0 Å². The molecule has 1 fully saturated rings. The Kier molecular flexibility index (Phi) is 6.55. The minimum absolute atomic E-state index is 0.911. The average molecular weight is 268 g/mol. The van der Waals surface area contributed by atoms with Gasteiger partial charge in [0.25, 0.3) is 0 Å². The van der Waals surface area contributed by atoms with Crippen LogP contribution in [0.4, 0.5) is 0 Å². The van der Waals surface area contributed by atoms with E-state index >= 15 is 0 Å². The second kappa shape index (κ2) is 6.83. The Morgan fingerprint density at radius 3 is 2.21 bits per heavy atom. The standard InChI is InChI=1S/C10H21PS3/c1-3-11(12,4-2)14-13-10-8-6-5-7-9-10/h10H,3-9H2,1-2H3. The lowest BCUT2D eigenvalue weighted by molar-refractivity contribution is 0.517. The zero-order chi connectivity index (χ0) is 10.4. The van der Waals surface area contributed by atoms with Crippen molar-refractivity contribution in [3.05, 3.63) is 0 Å². The quantitative estimate of drug-likeness (QED) is 0.501. The van der Waals surface area contributed by atoms with Crippen LogP contribution in [0.5, 0.6) is 0 Å². The molecule has 1 aliphatic rings. The molecule has 0 aromatic carbocycles. The van der Waals surface area contributed by atoms with Gasteiger partial charge in [-0.1, -0.05) is 66.1 Å². The van der Waals surface area contributed by atoms with E-state index in [-0.39, 0.29) is 0 Å². The summed E-state index contributed by atoms with van der Waals surface area (Å²) in [7, 11) is 4.19. The average Bonchev–Trinajstić information content (AvgIpc) is 2.27. The Hall–Kier alpha value is 1.35. The first-order chi connectivity index (χ1) is 6.70. The molecule has 0 aliphatic heterocycles. The van der Waals surface area contributed by atoms with Gasteiger partial charge in [0.1, 0.15) is 0 Å². The van der Waals surface area contributed by atoms with Gasteiger partial charge in [0.2, 0.25) is 0 Å². The molecule has 0 amide bonds. The molecule has 0 atom stereocenters. The molecule has 1 rings (SSSR count). The van der Waals surface area contributed by atoms with Gasteiger partial charge in [0, 0.05) is 10.5 Å². The largest absolute Gasteiger partial charge is 0.0854 e. The van der Waals surface area contributed by atoms with E-state index in [1.165, 1.54) is 44.4 Å². The van der Waals surface area contributed by atoms with E-state index in [1.54, 1.807) is 0 Å². The minimum Gasteiger partial charge on any atom is -0.0854 e. The molecule has 0 bridgehead atoms. The fourth-order valence-corrected chi connectivity index (χ4v) is 10.5. The van der Waals surface area contributed by atoms with E-state index in [0.717, 1.165) is 5.25 Å². The summed E-state index contributed by atoms with van der Waals surface area (Å²) in [5.74, 6) is 0. The van der Waals surface area contributed by atoms with Crippen LogP contribution >= 0.6 is 26.4 Å². The fraction of sp³-hybridized carbons (Fsp3) is 1.00. The third-order valence-corrected chi connectivity index (χ3v) is 15.7. The van der Waals surface area contributed by atoms with E-state index in [2.05, 4.69) is 35.1 Å². The molecule has 0 nitrogen and oxygen atoms in total. The summed E-state index contributed by atoms with van der Waals surface area (Å²) < 4.78 is 0. The molecule has 4 heteroatoms. The van der Waals surface area contributed by atoms with E-state index in [4.69, 9.17) is 11.8 Å². The molecule has 84 valence electrons. The molecule has 0 heterocycles. The molecule has 0 aromatic rings. The van der Waals surface area contributed by atoms with E-state index < -0.39 is 5.24 Å². The van der Waals surface area contributed by atoms with E-state index in [9.17, 15) is 0 Å². The molecule has 1 saturated carbocycles. The summed E-state index contributed by atoms with van der Waals surface area (Å²) >= 11 is 5.73. The smallest absolute Gasteiger partial charge is 0.0173 e. The fourth-order valence-electron chi connectivity index (χ4n) is 1.63.